The fourth-order valence-corrected chi connectivity index (χ4v) is 3.15. The Hall–Kier alpha value is -1.97. The Morgan fingerprint density at radius 3 is 2.67 bits per heavy atom. The lowest BCUT2D eigenvalue weighted by Gasteiger charge is -2.13. The van der Waals surface area contributed by atoms with Gasteiger partial charge in [0.2, 0.25) is 10.0 Å². The summed E-state index contributed by atoms with van der Waals surface area (Å²) < 4.78 is 26.1. The number of nitrogens with one attached hydrogen (secondary N) is 1. The van der Waals surface area contributed by atoms with E-state index in [1.165, 1.54) is 6.08 Å². The lowest BCUT2D eigenvalue weighted by atomic mass is 10.2. The quantitative estimate of drug-likeness (QED) is 0.442. The Morgan fingerprint density at radius 2 is 2.19 bits per heavy atom. The van der Waals surface area contributed by atoms with E-state index in [0.717, 1.165) is 18.2 Å². The molecule has 0 spiro atoms. The molecule has 1 rings (SSSR count). The molecule has 0 amide bonds. The van der Waals surface area contributed by atoms with E-state index < -0.39 is 37.5 Å². The number of non-ortho nitro benzene ring substituents is 1. The highest BCUT2D eigenvalue weighted by Crippen LogP contribution is 2.26. The molecule has 1 atom stereocenters. The van der Waals surface area contributed by atoms with Crippen LogP contribution in [0.1, 0.15) is 6.42 Å². The van der Waals surface area contributed by atoms with Crippen molar-refractivity contribution in [2.75, 3.05) is 0 Å². The molecule has 10 heteroatoms. The van der Waals surface area contributed by atoms with E-state index in [1.54, 1.807) is 0 Å². The Morgan fingerprint density at radius 1 is 1.57 bits per heavy atom. The van der Waals surface area contributed by atoms with E-state index in [-0.39, 0.29) is 11.4 Å². The largest absolute Gasteiger partial charge is 0.480 e. The van der Waals surface area contributed by atoms with Crippen molar-refractivity contribution in [2.24, 2.45) is 0 Å². The molecule has 0 aliphatic rings. The fraction of sp³-hybridized carbons (Fsp3) is 0.182. The number of aliphatic carboxylic acids is 1. The van der Waals surface area contributed by atoms with Gasteiger partial charge in [-0.25, -0.2) is 8.42 Å². The first-order valence-electron chi connectivity index (χ1n) is 5.49. The zero-order valence-corrected chi connectivity index (χ0v) is 12.1. The van der Waals surface area contributed by atoms with Crippen molar-refractivity contribution in [1.82, 2.24) is 4.72 Å². The monoisotopic (exact) mass is 334 g/mol. The van der Waals surface area contributed by atoms with Gasteiger partial charge >= 0.3 is 5.97 Å². The van der Waals surface area contributed by atoms with Crippen LogP contribution in [0.25, 0.3) is 0 Å². The maximum atomic E-state index is 12.1. The number of hydrogen-bond acceptors (Lipinski definition) is 5. The molecule has 0 aliphatic carbocycles. The van der Waals surface area contributed by atoms with Crippen molar-refractivity contribution < 1.29 is 23.2 Å². The molecule has 0 heterocycles. The topological polar surface area (TPSA) is 127 Å². The second-order valence-corrected chi connectivity index (χ2v) is 6.00. The van der Waals surface area contributed by atoms with Crippen LogP contribution in [-0.2, 0) is 14.8 Å². The van der Waals surface area contributed by atoms with Gasteiger partial charge in [-0.05, 0) is 12.5 Å². The molecule has 1 unspecified atom stereocenters. The molecule has 0 fully saturated rings. The number of carboxylic acids is 1. The fourth-order valence-electron chi connectivity index (χ4n) is 1.43. The van der Waals surface area contributed by atoms with Gasteiger partial charge in [-0.2, -0.15) is 4.72 Å². The predicted octanol–water partition coefficient (Wildman–Crippen LogP) is 1.56. The summed E-state index contributed by atoms with van der Waals surface area (Å²) in [5.41, 5.74) is -0.477. The first kappa shape index (κ1) is 17.1. The van der Waals surface area contributed by atoms with Gasteiger partial charge in [-0.1, -0.05) is 17.7 Å². The lowest BCUT2D eigenvalue weighted by Crippen LogP contribution is -2.40. The van der Waals surface area contributed by atoms with Crippen molar-refractivity contribution in [3.63, 3.8) is 0 Å². The third-order valence-electron chi connectivity index (χ3n) is 2.41. The van der Waals surface area contributed by atoms with Crippen LogP contribution >= 0.6 is 11.6 Å². The van der Waals surface area contributed by atoms with Gasteiger partial charge in [0.25, 0.3) is 5.69 Å². The van der Waals surface area contributed by atoms with Gasteiger partial charge in [-0.3, -0.25) is 14.9 Å². The first-order chi connectivity index (χ1) is 9.69. The number of carbonyl (C=O) groups is 1. The summed E-state index contributed by atoms with van der Waals surface area (Å²) in [6.45, 7) is 3.33. The molecule has 0 aromatic heterocycles. The standard InChI is InChI=1S/C11H11ClN2O6S/c1-2-3-9(11(15)16)13-21(19,20)10-6-7(14(17)18)4-5-8(10)12/h2,4-6,9,13H,1,3H2,(H,15,16). The van der Waals surface area contributed by atoms with Crippen LogP contribution in [0.2, 0.25) is 5.02 Å². The molecule has 0 radical (unpaired) electrons. The Labute approximate surface area is 125 Å². The zero-order valence-electron chi connectivity index (χ0n) is 10.5. The third kappa shape index (κ3) is 4.25. The normalized spacial score (nSPS) is 12.6. The zero-order chi connectivity index (χ0) is 16.2. The molecule has 2 N–H and O–H groups in total. The number of hydrogen-bond donors (Lipinski definition) is 2. The summed E-state index contributed by atoms with van der Waals surface area (Å²) in [5, 5.41) is 19.3. The molecule has 21 heavy (non-hydrogen) atoms. The highest BCUT2D eigenvalue weighted by Gasteiger charge is 2.27. The number of carboxylic acid groups (broad SMARTS) is 1. The maximum Gasteiger partial charge on any atom is 0.322 e. The average molecular weight is 335 g/mol. The summed E-state index contributed by atoms with van der Waals surface area (Å²) in [7, 11) is -4.33. The summed E-state index contributed by atoms with van der Waals surface area (Å²) in [6, 6.07) is 1.41. The van der Waals surface area contributed by atoms with E-state index in [2.05, 4.69) is 6.58 Å². The van der Waals surface area contributed by atoms with Crippen molar-refractivity contribution in [3.8, 4) is 0 Å². The lowest BCUT2D eigenvalue weighted by molar-refractivity contribution is -0.385. The average Bonchev–Trinajstić information content (AvgIpc) is 2.37. The minimum atomic E-state index is -4.33. The molecule has 114 valence electrons. The number of nitro benzene ring substituents is 1. The molecular weight excluding hydrogens is 324 g/mol. The van der Waals surface area contributed by atoms with Crippen molar-refractivity contribution >= 4 is 33.3 Å². The van der Waals surface area contributed by atoms with E-state index in [0.29, 0.717) is 0 Å². The summed E-state index contributed by atoms with van der Waals surface area (Å²) in [5.74, 6) is -1.40. The van der Waals surface area contributed by atoms with Gasteiger partial charge in [0, 0.05) is 12.1 Å². The van der Waals surface area contributed by atoms with Crippen LogP contribution in [0, 0.1) is 10.1 Å². The van der Waals surface area contributed by atoms with Gasteiger partial charge < -0.3 is 5.11 Å². The number of nitro groups is 1. The predicted molar refractivity (Wildman–Crippen MR) is 74.7 cm³/mol. The van der Waals surface area contributed by atoms with E-state index in [4.69, 9.17) is 16.7 Å². The number of nitrogens with zero attached hydrogens (tertiary/aromatic N) is 1. The Kier molecular flexibility index (Phi) is 5.41. The number of sulfonamides is 1. The molecule has 1 aromatic carbocycles. The second kappa shape index (κ2) is 6.66. The molecular formula is C11H11ClN2O6S. The number of rotatable bonds is 7. The molecule has 0 saturated carbocycles. The Bertz CT molecular complexity index is 688. The highest BCUT2D eigenvalue weighted by molar-refractivity contribution is 7.89. The van der Waals surface area contributed by atoms with Crippen LogP contribution in [0.15, 0.2) is 35.7 Å². The second-order valence-electron chi connectivity index (χ2n) is 3.91. The first-order valence-corrected chi connectivity index (χ1v) is 7.35. The third-order valence-corrected chi connectivity index (χ3v) is 4.37. The van der Waals surface area contributed by atoms with E-state index in [9.17, 15) is 23.3 Å². The Balaban J connectivity index is 3.24. The van der Waals surface area contributed by atoms with Crippen LogP contribution in [-0.4, -0.2) is 30.5 Å². The van der Waals surface area contributed by atoms with Crippen LogP contribution in [0.5, 0.6) is 0 Å². The SMILES string of the molecule is C=CCC(NS(=O)(=O)c1cc([N+](=O)[O-])ccc1Cl)C(=O)O. The number of halogens is 1. The van der Waals surface area contributed by atoms with Crippen LogP contribution in [0.3, 0.4) is 0 Å². The van der Waals surface area contributed by atoms with Gasteiger partial charge in [0.15, 0.2) is 0 Å². The summed E-state index contributed by atoms with van der Waals surface area (Å²) in [4.78, 5) is 20.3. The van der Waals surface area contributed by atoms with Gasteiger partial charge in [0.1, 0.15) is 10.9 Å². The van der Waals surface area contributed by atoms with Gasteiger partial charge in [0.05, 0.1) is 9.95 Å². The maximum absolute atomic E-state index is 12.1. The van der Waals surface area contributed by atoms with Gasteiger partial charge in [-0.15, -0.1) is 6.58 Å². The minimum absolute atomic E-state index is 0.152. The minimum Gasteiger partial charge on any atom is -0.480 e. The van der Waals surface area contributed by atoms with Crippen LogP contribution in [0.4, 0.5) is 5.69 Å². The molecule has 0 bridgehead atoms. The molecule has 1 aromatic rings. The van der Waals surface area contributed by atoms with E-state index >= 15 is 0 Å². The molecule has 0 saturated heterocycles. The van der Waals surface area contributed by atoms with E-state index in [1.807, 2.05) is 4.72 Å². The summed E-state index contributed by atoms with van der Waals surface area (Å²) >= 11 is 5.72. The van der Waals surface area contributed by atoms with Crippen molar-refractivity contribution in [1.29, 1.82) is 0 Å². The smallest absolute Gasteiger partial charge is 0.322 e. The van der Waals surface area contributed by atoms with Crippen LogP contribution < -0.4 is 4.72 Å². The van der Waals surface area contributed by atoms with Crippen molar-refractivity contribution in [2.45, 2.75) is 17.4 Å². The molecule has 0 aliphatic heterocycles. The molecule has 8 nitrogen and oxygen atoms in total. The summed E-state index contributed by atoms with van der Waals surface area (Å²) in [6.07, 6.45) is 1.08. The number of benzene rings is 1. The van der Waals surface area contributed by atoms with Crippen molar-refractivity contribution in [3.05, 3.63) is 46.0 Å². The highest BCUT2D eigenvalue weighted by atomic mass is 35.5.